The van der Waals surface area contributed by atoms with Gasteiger partial charge >= 0.3 is 0 Å². The molecule has 0 saturated heterocycles. The Kier molecular flexibility index (Phi) is 5.41. The molecule has 0 radical (unpaired) electrons. The molecular weight excluding hydrogens is 324 g/mol. The molecule has 126 valence electrons. The molecule has 5 nitrogen and oxygen atoms in total. The van der Waals surface area contributed by atoms with Crippen LogP contribution in [0.15, 0.2) is 66.1 Å². The van der Waals surface area contributed by atoms with Crippen LogP contribution in [0.2, 0.25) is 0 Å². The van der Waals surface area contributed by atoms with Gasteiger partial charge in [-0.3, -0.25) is 9.10 Å². The van der Waals surface area contributed by atoms with Crippen molar-refractivity contribution in [1.82, 2.24) is 5.32 Å². The van der Waals surface area contributed by atoms with Crippen molar-refractivity contribution in [2.75, 3.05) is 17.9 Å². The molecule has 0 aliphatic heterocycles. The first kappa shape index (κ1) is 17.7. The third kappa shape index (κ3) is 3.83. The standard InChI is InChI=1S/C18H20N2O3S/c1-4-11-19-18(21)15-8-6-10-17(13-15)24(22,23)20(3)16-9-5-7-14(2)12-16/h4-10,12-13H,1,11H2,2-3H3,(H,19,21). The third-order valence-corrected chi connectivity index (χ3v) is 5.31. The molecule has 0 atom stereocenters. The second-order valence-corrected chi connectivity index (χ2v) is 7.31. The third-order valence-electron chi connectivity index (χ3n) is 3.53. The summed E-state index contributed by atoms with van der Waals surface area (Å²) in [6.45, 7) is 5.75. The molecule has 0 aromatic heterocycles. The van der Waals surface area contributed by atoms with Crippen molar-refractivity contribution < 1.29 is 13.2 Å². The zero-order chi connectivity index (χ0) is 17.7. The Bertz CT molecular complexity index is 860. The summed E-state index contributed by atoms with van der Waals surface area (Å²) in [5, 5.41) is 2.63. The number of anilines is 1. The topological polar surface area (TPSA) is 66.5 Å². The van der Waals surface area contributed by atoms with Crippen molar-refractivity contribution in [3.8, 4) is 0 Å². The highest BCUT2D eigenvalue weighted by Gasteiger charge is 2.22. The largest absolute Gasteiger partial charge is 0.349 e. The first-order valence-electron chi connectivity index (χ1n) is 7.41. The number of sulfonamides is 1. The van der Waals surface area contributed by atoms with Crippen LogP contribution in [-0.2, 0) is 10.0 Å². The summed E-state index contributed by atoms with van der Waals surface area (Å²) in [5.41, 5.74) is 1.82. The van der Waals surface area contributed by atoms with E-state index in [1.807, 2.05) is 13.0 Å². The predicted octanol–water partition coefficient (Wildman–Crippen LogP) is 2.74. The number of amides is 1. The minimum atomic E-state index is -3.75. The van der Waals surface area contributed by atoms with E-state index in [4.69, 9.17) is 0 Å². The maximum atomic E-state index is 12.8. The molecule has 0 aliphatic carbocycles. The van der Waals surface area contributed by atoms with Crippen molar-refractivity contribution in [2.45, 2.75) is 11.8 Å². The van der Waals surface area contributed by atoms with Gasteiger partial charge in [-0.25, -0.2) is 8.42 Å². The lowest BCUT2D eigenvalue weighted by atomic mass is 10.2. The summed E-state index contributed by atoms with van der Waals surface area (Å²) in [6, 6.07) is 13.2. The highest BCUT2D eigenvalue weighted by molar-refractivity contribution is 7.92. The fraction of sp³-hybridized carbons (Fsp3) is 0.167. The molecule has 1 amide bonds. The summed E-state index contributed by atoms with van der Waals surface area (Å²) >= 11 is 0. The Balaban J connectivity index is 2.35. The molecule has 0 bridgehead atoms. The fourth-order valence-corrected chi connectivity index (χ4v) is 3.42. The van der Waals surface area contributed by atoms with Crippen LogP contribution in [-0.4, -0.2) is 27.9 Å². The van der Waals surface area contributed by atoms with Crippen LogP contribution >= 0.6 is 0 Å². The molecule has 6 heteroatoms. The maximum Gasteiger partial charge on any atom is 0.264 e. The number of nitrogens with zero attached hydrogens (tertiary/aromatic N) is 1. The monoisotopic (exact) mass is 344 g/mol. The first-order chi connectivity index (χ1) is 11.4. The van der Waals surface area contributed by atoms with Crippen LogP contribution < -0.4 is 9.62 Å². The van der Waals surface area contributed by atoms with Gasteiger partial charge in [-0.15, -0.1) is 6.58 Å². The van der Waals surface area contributed by atoms with Crippen molar-refractivity contribution in [3.05, 3.63) is 72.3 Å². The van der Waals surface area contributed by atoms with E-state index in [1.165, 1.54) is 23.5 Å². The van der Waals surface area contributed by atoms with Gasteiger partial charge in [-0.2, -0.15) is 0 Å². The van der Waals surface area contributed by atoms with Gasteiger partial charge < -0.3 is 5.32 Å². The zero-order valence-electron chi connectivity index (χ0n) is 13.7. The number of nitrogens with one attached hydrogen (secondary N) is 1. The van der Waals surface area contributed by atoms with Gasteiger partial charge in [0.25, 0.3) is 15.9 Å². The Morgan fingerprint density at radius 3 is 2.58 bits per heavy atom. The number of hydrogen-bond donors (Lipinski definition) is 1. The average Bonchev–Trinajstić information content (AvgIpc) is 2.59. The second-order valence-electron chi connectivity index (χ2n) is 5.34. The molecule has 0 fully saturated rings. The number of carbonyl (C=O) groups is 1. The molecule has 0 spiro atoms. The molecule has 2 rings (SSSR count). The average molecular weight is 344 g/mol. The molecular formula is C18H20N2O3S. The van der Waals surface area contributed by atoms with Gasteiger partial charge in [0.2, 0.25) is 0 Å². The minimum Gasteiger partial charge on any atom is -0.349 e. The van der Waals surface area contributed by atoms with Crippen molar-refractivity contribution in [1.29, 1.82) is 0 Å². The molecule has 2 aromatic rings. The Hall–Kier alpha value is -2.60. The van der Waals surface area contributed by atoms with Gasteiger partial charge in [0.15, 0.2) is 0 Å². The normalized spacial score (nSPS) is 10.9. The number of hydrogen-bond acceptors (Lipinski definition) is 3. The molecule has 0 unspecified atom stereocenters. The van der Waals surface area contributed by atoms with E-state index < -0.39 is 10.0 Å². The highest BCUT2D eigenvalue weighted by Crippen LogP contribution is 2.23. The molecule has 0 heterocycles. The van der Waals surface area contributed by atoms with E-state index >= 15 is 0 Å². The van der Waals surface area contributed by atoms with Crippen molar-refractivity contribution in [3.63, 3.8) is 0 Å². The molecule has 24 heavy (non-hydrogen) atoms. The lowest BCUT2D eigenvalue weighted by Gasteiger charge is -2.20. The minimum absolute atomic E-state index is 0.0674. The van der Waals surface area contributed by atoms with E-state index in [2.05, 4.69) is 11.9 Å². The van der Waals surface area contributed by atoms with Crippen molar-refractivity contribution >= 4 is 21.6 Å². The van der Waals surface area contributed by atoms with Gasteiger partial charge in [0, 0.05) is 19.2 Å². The van der Waals surface area contributed by atoms with Crippen LogP contribution in [0.25, 0.3) is 0 Å². The Morgan fingerprint density at radius 2 is 1.92 bits per heavy atom. The summed E-state index contributed by atoms with van der Waals surface area (Å²) in [5.74, 6) is -0.342. The van der Waals surface area contributed by atoms with Crippen LogP contribution in [0, 0.1) is 6.92 Å². The van der Waals surface area contributed by atoms with Crippen LogP contribution in [0.1, 0.15) is 15.9 Å². The Morgan fingerprint density at radius 1 is 1.21 bits per heavy atom. The Labute approximate surface area is 142 Å². The van der Waals surface area contributed by atoms with E-state index in [0.29, 0.717) is 12.2 Å². The summed E-state index contributed by atoms with van der Waals surface area (Å²) in [6.07, 6.45) is 1.56. The zero-order valence-corrected chi connectivity index (χ0v) is 14.5. The van der Waals surface area contributed by atoms with Gasteiger partial charge in [-0.05, 0) is 42.8 Å². The predicted molar refractivity (Wildman–Crippen MR) is 95.7 cm³/mol. The lowest BCUT2D eigenvalue weighted by Crippen LogP contribution is -2.27. The maximum absolute atomic E-state index is 12.8. The van der Waals surface area contributed by atoms with Crippen LogP contribution in [0.4, 0.5) is 5.69 Å². The molecule has 0 saturated carbocycles. The van der Waals surface area contributed by atoms with Crippen molar-refractivity contribution in [2.24, 2.45) is 0 Å². The quantitative estimate of drug-likeness (QED) is 0.820. The van der Waals surface area contributed by atoms with Crippen LogP contribution in [0.5, 0.6) is 0 Å². The number of benzene rings is 2. The number of carbonyl (C=O) groups excluding carboxylic acids is 1. The van der Waals surface area contributed by atoms with E-state index in [1.54, 1.807) is 36.4 Å². The van der Waals surface area contributed by atoms with E-state index in [-0.39, 0.29) is 16.4 Å². The van der Waals surface area contributed by atoms with E-state index in [0.717, 1.165) is 5.56 Å². The number of rotatable bonds is 6. The number of aryl methyl sites for hydroxylation is 1. The molecule has 0 aliphatic rings. The fourth-order valence-electron chi connectivity index (χ4n) is 2.19. The highest BCUT2D eigenvalue weighted by atomic mass is 32.2. The van der Waals surface area contributed by atoms with E-state index in [9.17, 15) is 13.2 Å². The van der Waals surface area contributed by atoms with Gasteiger partial charge in [-0.1, -0.05) is 24.3 Å². The van der Waals surface area contributed by atoms with Gasteiger partial charge in [0.05, 0.1) is 10.6 Å². The van der Waals surface area contributed by atoms with Crippen LogP contribution in [0.3, 0.4) is 0 Å². The molecule has 1 N–H and O–H groups in total. The second kappa shape index (κ2) is 7.31. The SMILES string of the molecule is C=CCNC(=O)c1cccc(S(=O)(=O)N(C)c2cccc(C)c2)c1. The lowest BCUT2D eigenvalue weighted by molar-refractivity contribution is 0.0958. The smallest absolute Gasteiger partial charge is 0.264 e. The first-order valence-corrected chi connectivity index (χ1v) is 8.85. The summed E-state index contributed by atoms with van der Waals surface area (Å²) < 4.78 is 26.8. The summed E-state index contributed by atoms with van der Waals surface area (Å²) in [4.78, 5) is 12.1. The van der Waals surface area contributed by atoms with Gasteiger partial charge in [0.1, 0.15) is 0 Å². The summed E-state index contributed by atoms with van der Waals surface area (Å²) in [7, 11) is -2.26. The molecule has 2 aromatic carbocycles.